The normalized spacial score (nSPS) is 11.2. The van der Waals surface area contributed by atoms with Crippen LogP contribution in [0.1, 0.15) is 16.1 Å². The minimum absolute atomic E-state index is 0.0808. The Morgan fingerprint density at radius 1 is 1.15 bits per heavy atom. The first-order chi connectivity index (χ1) is 9.38. The van der Waals surface area contributed by atoms with E-state index in [-0.39, 0.29) is 11.5 Å². The fraction of sp³-hybridized carbons (Fsp3) is 0.0833. The van der Waals surface area contributed by atoms with Gasteiger partial charge in [0, 0.05) is 0 Å². The number of carbonyl (C=O) groups is 1. The Kier molecular flexibility index (Phi) is 3.55. The van der Waals surface area contributed by atoms with E-state index in [0.717, 1.165) is 24.5 Å². The van der Waals surface area contributed by atoms with Crippen LogP contribution in [0.25, 0.3) is 0 Å². The molecule has 2 rings (SSSR count). The van der Waals surface area contributed by atoms with Gasteiger partial charge in [0.15, 0.2) is 5.69 Å². The van der Waals surface area contributed by atoms with Crippen molar-refractivity contribution < 1.29 is 22.7 Å². The fourth-order valence-corrected chi connectivity index (χ4v) is 1.39. The van der Waals surface area contributed by atoms with Crippen LogP contribution < -0.4 is 10.5 Å². The van der Waals surface area contributed by atoms with E-state index < -0.39 is 23.5 Å². The zero-order valence-electron chi connectivity index (χ0n) is 9.89. The summed E-state index contributed by atoms with van der Waals surface area (Å²) in [6.07, 6.45) is -2.50. The predicted octanol–water partition coefficient (Wildman–Crippen LogP) is 2.30. The number of anilines is 1. The Morgan fingerprint density at radius 3 is 2.45 bits per heavy atom. The molecule has 0 aliphatic carbocycles. The summed E-state index contributed by atoms with van der Waals surface area (Å²) in [5.74, 6) is -1.56. The lowest BCUT2D eigenvalue weighted by molar-refractivity contribution is -0.138. The van der Waals surface area contributed by atoms with Crippen LogP contribution in [-0.4, -0.2) is 15.9 Å². The van der Waals surface area contributed by atoms with Crippen molar-refractivity contribution in [1.29, 1.82) is 0 Å². The van der Waals surface area contributed by atoms with Crippen LogP contribution in [-0.2, 0) is 6.18 Å². The number of hydrogen-bond donors (Lipinski definition) is 1. The van der Waals surface area contributed by atoms with Gasteiger partial charge in [0.2, 0.25) is 0 Å². The highest BCUT2D eigenvalue weighted by atomic mass is 19.4. The number of rotatable bonds is 2. The molecular weight excluding hydrogens is 275 g/mol. The highest BCUT2D eigenvalue weighted by Crippen LogP contribution is 2.36. The standard InChI is InChI=1S/C12H8F3N3O2/c13-12(14,15)7-3-1-2-4-9(7)20-11(19)8-5-18-10(16)6-17-8/h1-6H,(H2,16,18). The van der Waals surface area contributed by atoms with E-state index in [1.807, 2.05) is 0 Å². The number of esters is 1. The second kappa shape index (κ2) is 5.16. The molecule has 2 N–H and O–H groups in total. The lowest BCUT2D eigenvalue weighted by atomic mass is 10.2. The predicted molar refractivity (Wildman–Crippen MR) is 62.8 cm³/mol. The van der Waals surface area contributed by atoms with Crippen molar-refractivity contribution in [3.63, 3.8) is 0 Å². The van der Waals surface area contributed by atoms with E-state index in [0.29, 0.717) is 0 Å². The van der Waals surface area contributed by atoms with Gasteiger partial charge in [0.25, 0.3) is 0 Å². The van der Waals surface area contributed by atoms with Gasteiger partial charge in [-0.3, -0.25) is 0 Å². The van der Waals surface area contributed by atoms with Crippen molar-refractivity contribution in [2.75, 3.05) is 5.73 Å². The maximum absolute atomic E-state index is 12.7. The highest BCUT2D eigenvalue weighted by Gasteiger charge is 2.34. The number of aromatic nitrogens is 2. The molecular formula is C12H8F3N3O2. The van der Waals surface area contributed by atoms with Crippen molar-refractivity contribution in [3.8, 4) is 5.75 Å². The summed E-state index contributed by atoms with van der Waals surface area (Å²) < 4.78 is 42.9. The molecule has 5 nitrogen and oxygen atoms in total. The number of halogens is 3. The number of carbonyl (C=O) groups excluding carboxylic acids is 1. The summed E-state index contributed by atoms with van der Waals surface area (Å²) >= 11 is 0. The molecule has 1 aromatic heterocycles. The van der Waals surface area contributed by atoms with Crippen LogP contribution in [0.4, 0.5) is 19.0 Å². The number of hydrogen-bond acceptors (Lipinski definition) is 5. The van der Waals surface area contributed by atoms with Gasteiger partial charge in [0.1, 0.15) is 11.6 Å². The third kappa shape index (κ3) is 3.02. The summed E-state index contributed by atoms with van der Waals surface area (Å²) in [7, 11) is 0. The Labute approximate surface area is 111 Å². The lowest BCUT2D eigenvalue weighted by Gasteiger charge is -2.12. The molecule has 0 saturated carbocycles. The smallest absolute Gasteiger partial charge is 0.419 e. The quantitative estimate of drug-likeness (QED) is 0.676. The molecule has 1 heterocycles. The van der Waals surface area contributed by atoms with Crippen molar-refractivity contribution in [2.45, 2.75) is 6.18 Å². The average Bonchev–Trinajstić information content (AvgIpc) is 2.38. The second-order valence-electron chi connectivity index (χ2n) is 3.71. The van der Waals surface area contributed by atoms with E-state index in [2.05, 4.69) is 9.97 Å². The number of nitrogens with two attached hydrogens (primary N) is 1. The van der Waals surface area contributed by atoms with Gasteiger partial charge >= 0.3 is 12.1 Å². The summed E-state index contributed by atoms with van der Waals surface area (Å²) in [5, 5.41) is 0. The van der Waals surface area contributed by atoms with Crippen LogP contribution >= 0.6 is 0 Å². The summed E-state index contributed by atoms with van der Waals surface area (Å²) in [6, 6.07) is 4.39. The average molecular weight is 283 g/mol. The van der Waals surface area contributed by atoms with Gasteiger partial charge in [0.05, 0.1) is 18.0 Å². The monoisotopic (exact) mass is 283 g/mol. The molecule has 2 aromatic rings. The maximum atomic E-state index is 12.7. The molecule has 1 aromatic carbocycles. The molecule has 0 radical (unpaired) electrons. The minimum atomic E-state index is -4.62. The molecule has 0 bridgehead atoms. The molecule has 104 valence electrons. The second-order valence-corrected chi connectivity index (χ2v) is 3.71. The topological polar surface area (TPSA) is 78.1 Å². The van der Waals surface area contributed by atoms with Crippen molar-refractivity contribution in [1.82, 2.24) is 9.97 Å². The number of ether oxygens (including phenoxy) is 1. The fourth-order valence-electron chi connectivity index (χ4n) is 1.39. The Bertz CT molecular complexity index is 627. The van der Waals surface area contributed by atoms with Crippen molar-refractivity contribution in [2.24, 2.45) is 0 Å². The molecule has 0 atom stereocenters. The Morgan fingerprint density at radius 2 is 1.85 bits per heavy atom. The van der Waals surface area contributed by atoms with Gasteiger partial charge in [-0.05, 0) is 12.1 Å². The van der Waals surface area contributed by atoms with Crippen molar-refractivity contribution in [3.05, 3.63) is 47.9 Å². The van der Waals surface area contributed by atoms with Gasteiger partial charge in [-0.25, -0.2) is 14.8 Å². The number of alkyl halides is 3. The third-order valence-corrected chi connectivity index (χ3v) is 2.28. The SMILES string of the molecule is Nc1cnc(C(=O)Oc2ccccc2C(F)(F)F)cn1. The number of para-hydroxylation sites is 1. The molecule has 0 saturated heterocycles. The first kappa shape index (κ1) is 13.8. The van der Waals surface area contributed by atoms with Gasteiger partial charge in [-0.15, -0.1) is 0 Å². The molecule has 20 heavy (non-hydrogen) atoms. The molecule has 0 spiro atoms. The van der Waals surface area contributed by atoms with E-state index in [4.69, 9.17) is 10.5 Å². The van der Waals surface area contributed by atoms with E-state index in [1.165, 1.54) is 12.1 Å². The van der Waals surface area contributed by atoms with Gasteiger partial charge < -0.3 is 10.5 Å². The van der Waals surface area contributed by atoms with Crippen molar-refractivity contribution >= 4 is 11.8 Å². The molecule has 0 fully saturated rings. The first-order valence-electron chi connectivity index (χ1n) is 5.34. The van der Waals surface area contributed by atoms with E-state index in [1.54, 1.807) is 0 Å². The molecule has 0 amide bonds. The van der Waals surface area contributed by atoms with Gasteiger partial charge in [-0.1, -0.05) is 12.1 Å². The van der Waals surface area contributed by atoms with Gasteiger partial charge in [-0.2, -0.15) is 13.2 Å². The van der Waals surface area contributed by atoms with Crippen LogP contribution in [0.3, 0.4) is 0 Å². The lowest BCUT2D eigenvalue weighted by Crippen LogP contribution is -2.15. The maximum Gasteiger partial charge on any atom is 0.419 e. The third-order valence-electron chi connectivity index (χ3n) is 2.28. The van der Waals surface area contributed by atoms with Crippen LogP contribution in [0.2, 0.25) is 0 Å². The highest BCUT2D eigenvalue weighted by molar-refractivity contribution is 5.88. The van der Waals surface area contributed by atoms with E-state index >= 15 is 0 Å². The number of nitrogen functional groups attached to an aromatic ring is 1. The molecule has 0 aliphatic heterocycles. The molecule has 0 aliphatic rings. The van der Waals surface area contributed by atoms with Crippen LogP contribution in [0, 0.1) is 0 Å². The Balaban J connectivity index is 2.26. The number of nitrogens with zero attached hydrogens (tertiary/aromatic N) is 2. The van der Waals surface area contributed by atoms with E-state index in [9.17, 15) is 18.0 Å². The molecule has 8 heteroatoms. The zero-order chi connectivity index (χ0) is 14.8. The summed E-state index contributed by atoms with van der Waals surface area (Å²) in [6.45, 7) is 0. The first-order valence-corrected chi connectivity index (χ1v) is 5.34. The summed E-state index contributed by atoms with van der Waals surface area (Å²) in [4.78, 5) is 18.9. The largest absolute Gasteiger partial charge is 0.421 e. The number of benzene rings is 1. The van der Waals surface area contributed by atoms with Crippen LogP contribution in [0.5, 0.6) is 5.75 Å². The minimum Gasteiger partial charge on any atom is -0.421 e. The van der Waals surface area contributed by atoms with Crippen LogP contribution in [0.15, 0.2) is 36.7 Å². The Hall–Kier alpha value is -2.64. The molecule has 0 unspecified atom stereocenters. The summed E-state index contributed by atoms with van der Waals surface area (Å²) in [5.41, 5.74) is 4.00. The zero-order valence-corrected chi connectivity index (χ0v) is 9.89.